The molecule has 2 rings (SSSR count). The molecule has 86 valence electrons. The highest BCUT2D eigenvalue weighted by molar-refractivity contribution is 5.03. The first-order valence-corrected chi connectivity index (χ1v) is 6.11. The van der Waals surface area contributed by atoms with Crippen LogP contribution in [0.3, 0.4) is 0 Å². The van der Waals surface area contributed by atoms with Gasteiger partial charge in [0.15, 0.2) is 6.29 Å². The Labute approximate surface area is 92.6 Å². The van der Waals surface area contributed by atoms with Crippen molar-refractivity contribution >= 4 is 0 Å². The van der Waals surface area contributed by atoms with Crippen molar-refractivity contribution < 1.29 is 9.47 Å². The second kappa shape index (κ2) is 4.67. The van der Waals surface area contributed by atoms with E-state index in [9.17, 15) is 0 Å². The van der Waals surface area contributed by atoms with Crippen LogP contribution in [0.4, 0.5) is 0 Å². The van der Waals surface area contributed by atoms with Crippen LogP contribution in [-0.2, 0) is 9.47 Å². The summed E-state index contributed by atoms with van der Waals surface area (Å²) >= 11 is 0. The highest BCUT2D eigenvalue weighted by Crippen LogP contribution is 2.32. The highest BCUT2D eigenvalue weighted by atomic mass is 16.7. The van der Waals surface area contributed by atoms with Crippen molar-refractivity contribution in [1.29, 1.82) is 0 Å². The van der Waals surface area contributed by atoms with Gasteiger partial charge in [-0.1, -0.05) is 11.6 Å². The van der Waals surface area contributed by atoms with E-state index in [1.165, 1.54) is 18.4 Å². The van der Waals surface area contributed by atoms with Gasteiger partial charge in [-0.15, -0.1) is 0 Å². The van der Waals surface area contributed by atoms with Crippen molar-refractivity contribution in [1.82, 2.24) is 0 Å². The van der Waals surface area contributed by atoms with Gasteiger partial charge >= 0.3 is 0 Å². The predicted molar refractivity (Wildman–Crippen MR) is 60.6 cm³/mol. The quantitative estimate of drug-likeness (QED) is 0.618. The molecule has 2 heteroatoms. The normalized spacial score (nSPS) is 42.5. The van der Waals surface area contributed by atoms with Crippen molar-refractivity contribution in [2.75, 3.05) is 0 Å². The molecule has 15 heavy (non-hydrogen) atoms. The molecule has 0 unspecified atom stereocenters. The largest absolute Gasteiger partial charge is 0.349 e. The van der Waals surface area contributed by atoms with Gasteiger partial charge in [0.25, 0.3) is 0 Å². The van der Waals surface area contributed by atoms with E-state index >= 15 is 0 Å². The summed E-state index contributed by atoms with van der Waals surface area (Å²) in [5.74, 6) is 0.568. The second-order valence-electron chi connectivity index (χ2n) is 5.08. The van der Waals surface area contributed by atoms with Crippen molar-refractivity contribution in [3.63, 3.8) is 0 Å². The molecule has 0 saturated carbocycles. The van der Waals surface area contributed by atoms with Gasteiger partial charge in [-0.3, -0.25) is 0 Å². The minimum atomic E-state index is 0.0353. The molecule has 0 amide bonds. The lowest BCUT2D eigenvalue weighted by molar-refractivity contribution is -0.256. The van der Waals surface area contributed by atoms with Gasteiger partial charge in [0.1, 0.15) is 0 Å². The molecular weight excluding hydrogens is 188 g/mol. The Morgan fingerprint density at radius 3 is 2.40 bits per heavy atom. The fraction of sp³-hybridized carbons (Fsp3) is 0.846. The van der Waals surface area contributed by atoms with Crippen LogP contribution >= 0.6 is 0 Å². The van der Waals surface area contributed by atoms with Gasteiger partial charge in [0.2, 0.25) is 0 Å². The summed E-state index contributed by atoms with van der Waals surface area (Å²) < 4.78 is 11.8. The molecule has 1 heterocycles. The molecule has 2 nitrogen and oxygen atoms in total. The van der Waals surface area contributed by atoms with Gasteiger partial charge in [-0.05, 0) is 46.5 Å². The molecule has 0 aromatic rings. The van der Waals surface area contributed by atoms with Crippen LogP contribution in [0.2, 0.25) is 0 Å². The maximum absolute atomic E-state index is 5.88. The van der Waals surface area contributed by atoms with E-state index in [-0.39, 0.29) is 6.29 Å². The van der Waals surface area contributed by atoms with Crippen molar-refractivity contribution in [2.45, 2.75) is 65.0 Å². The van der Waals surface area contributed by atoms with E-state index in [1.54, 1.807) is 0 Å². The summed E-state index contributed by atoms with van der Waals surface area (Å²) in [6.45, 7) is 6.51. The van der Waals surface area contributed by atoms with Crippen LogP contribution < -0.4 is 0 Å². The van der Waals surface area contributed by atoms with Crippen LogP contribution in [0.5, 0.6) is 0 Å². The molecule has 0 spiro atoms. The Bertz CT molecular complexity index is 237. The van der Waals surface area contributed by atoms with Gasteiger partial charge in [0, 0.05) is 5.92 Å². The monoisotopic (exact) mass is 210 g/mol. The van der Waals surface area contributed by atoms with Crippen LogP contribution in [0.15, 0.2) is 11.6 Å². The molecule has 3 atom stereocenters. The average molecular weight is 210 g/mol. The first kappa shape index (κ1) is 11.2. The second-order valence-corrected chi connectivity index (χ2v) is 5.08. The average Bonchev–Trinajstić information content (AvgIpc) is 2.17. The maximum Gasteiger partial charge on any atom is 0.161 e. The molecule has 1 aliphatic carbocycles. The van der Waals surface area contributed by atoms with Gasteiger partial charge in [0.05, 0.1) is 12.2 Å². The minimum absolute atomic E-state index is 0.0353. The third-order valence-corrected chi connectivity index (χ3v) is 3.46. The molecule has 0 radical (unpaired) electrons. The third-order valence-electron chi connectivity index (χ3n) is 3.46. The number of allylic oxidation sites excluding steroid dienone is 2. The fourth-order valence-corrected chi connectivity index (χ4v) is 2.52. The van der Waals surface area contributed by atoms with E-state index in [0.717, 1.165) is 12.8 Å². The molecule has 0 N–H and O–H groups in total. The first-order valence-electron chi connectivity index (χ1n) is 6.11. The van der Waals surface area contributed by atoms with E-state index in [2.05, 4.69) is 26.8 Å². The van der Waals surface area contributed by atoms with Crippen LogP contribution in [-0.4, -0.2) is 18.5 Å². The molecule has 0 bridgehead atoms. The Hall–Kier alpha value is -0.340. The topological polar surface area (TPSA) is 18.5 Å². The highest BCUT2D eigenvalue weighted by Gasteiger charge is 2.31. The van der Waals surface area contributed by atoms with Crippen LogP contribution in [0.25, 0.3) is 0 Å². The van der Waals surface area contributed by atoms with Crippen LogP contribution in [0.1, 0.15) is 46.5 Å². The van der Waals surface area contributed by atoms with Gasteiger partial charge in [-0.2, -0.15) is 0 Å². The molecule has 0 aromatic heterocycles. The molecule has 1 aliphatic heterocycles. The number of hydrogen-bond donors (Lipinski definition) is 0. The van der Waals surface area contributed by atoms with E-state index in [4.69, 9.17) is 9.47 Å². The zero-order valence-corrected chi connectivity index (χ0v) is 10.0. The first-order chi connectivity index (χ1) is 7.15. The maximum atomic E-state index is 5.88. The molecule has 1 saturated heterocycles. The van der Waals surface area contributed by atoms with E-state index in [0.29, 0.717) is 18.1 Å². The summed E-state index contributed by atoms with van der Waals surface area (Å²) in [6, 6.07) is 0. The summed E-state index contributed by atoms with van der Waals surface area (Å²) in [6.07, 6.45) is 7.65. The number of rotatable bonds is 1. The molecule has 0 aromatic carbocycles. The summed E-state index contributed by atoms with van der Waals surface area (Å²) in [5, 5.41) is 0. The zero-order chi connectivity index (χ0) is 10.8. The van der Waals surface area contributed by atoms with E-state index < -0.39 is 0 Å². The molecule has 2 aliphatic rings. The lowest BCUT2D eigenvalue weighted by Crippen LogP contribution is -2.40. The Morgan fingerprint density at radius 2 is 1.87 bits per heavy atom. The summed E-state index contributed by atoms with van der Waals surface area (Å²) in [5.41, 5.74) is 1.52. The fourth-order valence-electron chi connectivity index (χ4n) is 2.52. The molecular formula is C13H22O2. The zero-order valence-electron chi connectivity index (χ0n) is 10.0. The number of hydrogen-bond acceptors (Lipinski definition) is 2. The smallest absolute Gasteiger partial charge is 0.161 e. The van der Waals surface area contributed by atoms with E-state index in [1.807, 2.05) is 0 Å². The molecule has 1 fully saturated rings. The van der Waals surface area contributed by atoms with Crippen molar-refractivity contribution in [3.05, 3.63) is 11.6 Å². The minimum Gasteiger partial charge on any atom is -0.349 e. The van der Waals surface area contributed by atoms with Crippen molar-refractivity contribution in [2.24, 2.45) is 5.92 Å². The summed E-state index contributed by atoms with van der Waals surface area (Å²) in [7, 11) is 0. The number of ether oxygens (including phenoxy) is 2. The van der Waals surface area contributed by atoms with Gasteiger partial charge < -0.3 is 9.47 Å². The van der Waals surface area contributed by atoms with Gasteiger partial charge in [-0.25, -0.2) is 0 Å². The lowest BCUT2D eigenvalue weighted by atomic mass is 9.89. The third kappa shape index (κ3) is 2.82. The van der Waals surface area contributed by atoms with Crippen LogP contribution in [0, 0.1) is 5.92 Å². The standard InChI is InChI=1S/C13H22O2/c1-9-4-6-12(7-5-9)13-14-10(2)8-11(3)15-13/h4,10-13H,5-8H2,1-3H3/t10-,11-,12-/m1/s1. The Morgan fingerprint density at radius 1 is 1.20 bits per heavy atom. The Kier molecular flexibility index (Phi) is 3.47. The Balaban J connectivity index is 1.93. The summed E-state index contributed by atoms with van der Waals surface area (Å²) in [4.78, 5) is 0. The predicted octanol–water partition coefficient (Wildman–Crippen LogP) is 3.27. The lowest BCUT2D eigenvalue weighted by Gasteiger charge is -2.38. The SMILES string of the molecule is CC1=CC[C@@H](C2O[C@H](C)C[C@@H](C)O2)CC1. The van der Waals surface area contributed by atoms with Crippen molar-refractivity contribution in [3.8, 4) is 0 Å².